The number of likely N-dealkylation sites (tertiary alicyclic amines) is 1. The van der Waals surface area contributed by atoms with Gasteiger partial charge in [0.2, 0.25) is 0 Å². The number of nitrogens with zero attached hydrogens (tertiary/aromatic N) is 2. The van der Waals surface area contributed by atoms with Crippen LogP contribution in [0.1, 0.15) is 44.2 Å². The summed E-state index contributed by atoms with van der Waals surface area (Å²) in [5, 5.41) is 1.30. The van der Waals surface area contributed by atoms with Gasteiger partial charge in [-0.15, -0.1) is 0 Å². The Kier molecular flexibility index (Phi) is 4.71. The molecule has 30 heavy (non-hydrogen) atoms. The molecule has 2 aromatic rings. The van der Waals surface area contributed by atoms with Crippen LogP contribution in [0.3, 0.4) is 0 Å². The fourth-order valence-corrected chi connectivity index (χ4v) is 5.73. The van der Waals surface area contributed by atoms with Crippen molar-refractivity contribution in [1.82, 2.24) is 4.90 Å². The van der Waals surface area contributed by atoms with Crippen LogP contribution in [-0.4, -0.2) is 42.3 Å². The average Bonchev–Trinajstić information content (AvgIpc) is 3.22. The minimum absolute atomic E-state index is 0.213. The molecule has 1 saturated heterocycles. The van der Waals surface area contributed by atoms with Crippen LogP contribution in [0.4, 0.5) is 10.5 Å². The Balaban J connectivity index is 1.50. The largest absolute Gasteiger partial charge is 0.444 e. The van der Waals surface area contributed by atoms with Gasteiger partial charge >= 0.3 is 6.09 Å². The molecule has 158 valence electrons. The highest BCUT2D eigenvalue weighted by molar-refractivity contribution is 6.36. The molecule has 0 spiro atoms. The normalized spacial score (nSPS) is 22.2. The first kappa shape index (κ1) is 20.0. The van der Waals surface area contributed by atoms with Gasteiger partial charge < -0.3 is 14.5 Å². The van der Waals surface area contributed by atoms with Crippen molar-refractivity contribution >= 4 is 35.0 Å². The van der Waals surface area contributed by atoms with Crippen molar-refractivity contribution in [3.8, 4) is 11.1 Å². The third-order valence-corrected chi connectivity index (χ3v) is 6.95. The molecule has 3 aliphatic rings. The monoisotopic (exact) mass is 444 g/mol. The van der Waals surface area contributed by atoms with Gasteiger partial charge in [0.1, 0.15) is 5.60 Å². The van der Waals surface area contributed by atoms with Crippen molar-refractivity contribution in [2.45, 2.75) is 51.2 Å². The Labute approximate surface area is 187 Å². The molecule has 5 rings (SSSR count). The third-order valence-electron chi connectivity index (χ3n) is 6.40. The summed E-state index contributed by atoms with van der Waals surface area (Å²) in [4.78, 5) is 17.1. The standard InChI is InChI=1S/C24H26Cl2N2O2/c1-24(2,3)30-23(29)27-8-7-21-19(13-27)18-11-15(10-14-6-9-28(21)22(14)18)17-5-4-16(25)12-20(17)26/h4-5,10-12,19,21H,6-9,13H2,1-3H3/t19-,21-/m1/s1. The van der Waals surface area contributed by atoms with Crippen LogP contribution in [0.15, 0.2) is 30.3 Å². The van der Waals surface area contributed by atoms with E-state index in [2.05, 4.69) is 17.0 Å². The molecule has 0 aromatic heterocycles. The molecule has 0 saturated carbocycles. The lowest BCUT2D eigenvalue weighted by atomic mass is 9.86. The number of benzene rings is 2. The zero-order valence-corrected chi connectivity index (χ0v) is 19.1. The number of carbonyl (C=O) groups excluding carboxylic acids is 1. The van der Waals surface area contributed by atoms with E-state index in [1.54, 1.807) is 6.07 Å². The van der Waals surface area contributed by atoms with E-state index in [1.165, 1.54) is 16.8 Å². The van der Waals surface area contributed by atoms with Gasteiger partial charge in [-0.2, -0.15) is 0 Å². The molecule has 1 fully saturated rings. The first-order chi connectivity index (χ1) is 14.2. The molecule has 0 radical (unpaired) electrons. The van der Waals surface area contributed by atoms with E-state index in [-0.39, 0.29) is 6.09 Å². The van der Waals surface area contributed by atoms with Crippen LogP contribution in [0.5, 0.6) is 0 Å². The third kappa shape index (κ3) is 3.34. The van der Waals surface area contributed by atoms with E-state index >= 15 is 0 Å². The number of hydrogen-bond donors (Lipinski definition) is 0. The highest BCUT2D eigenvalue weighted by Crippen LogP contribution is 2.51. The number of fused-ring (bicyclic) bond motifs is 3. The predicted octanol–water partition coefficient (Wildman–Crippen LogP) is 6.13. The molecule has 0 N–H and O–H groups in total. The van der Waals surface area contributed by atoms with Crippen molar-refractivity contribution in [2.75, 3.05) is 24.5 Å². The summed E-state index contributed by atoms with van der Waals surface area (Å²) in [5.74, 6) is 0.298. The number of anilines is 1. The van der Waals surface area contributed by atoms with Crippen LogP contribution in [0, 0.1) is 0 Å². The van der Waals surface area contributed by atoms with Crippen LogP contribution < -0.4 is 4.90 Å². The predicted molar refractivity (Wildman–Crippen MR) is 122 cm³/mol. The SMILES string of the molecule is CC(C)(C)OC(=O)N1CC[C@@H]2[C@H](C1)c1cc(-c3ccc(Cl)cc3Cl)cc3c1N2CC3. The Morgan fingerprint density at radius 3 is 2.67 bits per heavy atom. The molecule has 6 heteroatoms. The van der Waals surface area contributed by atoms with Crippen LogP contribution in [0.2, 0.25) is 10.0 Å². The molecule has 3 heterocycles. The van der Waals surface area contributed by atoms with Crippen molar-refractivity contribution in [3.63, 3.8) is 0 Å². The number of carbonyl (C=O) groups is 1. The summed E-state index contributed by atoms with van der Waals surface area (Å²) >= 11 is 12.6. The maximum atomic E-state index is 12.7. The summed E-state index contributed by atoms with van der Waals surface area (Å²) in [5.41, 5.74) is 5.75. The summed E-state index contributed by atoms with van der Waals surface area (Å²) in [6, 6.07) is 10.7. The average molecular weight is 445 g/mol. The minimum Gasteiger partial charge on any atom is -0.444 e. The molecule has 0 bridgehead atoms. The maximum absolute atomic E-state index is 12.7. The molecule has 0 aliphatic carbocycles. The second-order valence-corrected chi connectivity index (χ2v) is 10.4. The topological polar surface area (TPSA) is 32.8 Å². The van der Waals surface area contributed by atoms with Gasteiger partial charge in [0.05, 0.1) is 0 Å². The fraction of sp³-hybridized carbons (Fsp3) is 0.458. The summed E-state index contributed by atoms with van der Waals surface area (Å²) in [7, 11) is 0. The second kappa shape index (κ2) is 7.06. The molecule has 0 unspecified atom stereocenters. The van der Waals surface area contributed by atoms with E-state index < -0.39 is 5.60 Å². The Morgan fingerprint density at radius 2 is 1.93 bits per heavy atom. The number of amides is 1. The Bertz CT molecular complexity index is 1030. The molecular formula is C24H26Cl2N2O2. The fourth-order valence-electron chi connectivity index (χ4n) is 5.22. The van der Waals surface area contributed by atoms with Crippen molar-refractivity contribution < 1.29 is 9.53 Å². The van der Waals surface area contributed by atoms with Gasteiger partial charge in [-0.3, -0.25) is 0 Å². The van der Waals surface area contributed by atoms with Crippen LogP contribution >= 0.6 is 23.2 Å². The lowest BCUT2D eigenvalue weighted by molar-refractivity contribution is 0.0189. The first-order valence-electron chi connectivity index (χ1n) is 10.6. The summed E-state index contributed by atoms with van der Waals surface area (Å²) in [6.45, 7) is 8.23. The molecule has 2 aromatic carbocycles. The second-order valence-electron chi connectivity index (χ2n) is 9.53. The van der Waals surface area contributed by atoms with E-state index in [9.17, 15) is 4.79 Å². The lowest BCUT2D eigenvalue weighted by Gasteiger charge is -2.38. The number of piperidine rings is 1. The Morgan fingerprint density at radius 1 is 1.13 bits per heavy atom. The molecule has 3 aliphatic heterocycles. The number of rotatable bonds is 1. The first-order valence-corrected chi connectivity index (χ1v) is 11.3. The van der Waals surface area contributed by atoms with Gasteiger partial charge in [0.15, 0.2) is 0 Å². The van der Waals surface area contributed by atoms with Crippen molar-refractivity contribution in [2.24, 2.45) is 0 Å². The highest BCUT2D eigenvalue weighted by Gasteiger charge is 2.46. The lowest BCUT2D eigenvalue weighted by Crippen LogP contribution is -2.49. The van der Waals surface area contributed by atoms with Gasteiger partial charge in [-0.1, -0.05) is 29.3 Å². The van der Waals surface area contributed by atoms with E-state index in [0.29, 0.717) is 28.5 Å². The van der Waals surface area contributed by atoms with Crippen LogP contribution in [0.25, 0.3) is 11.1 Å². The van der Waals surface area contributed by atoms with E-state index in [0.717, 1.165) is 37.1 Å². The summed E-state index contributed by atoms with van der Waals surface area (Å²) < 4.78 is 5.64. The maximum Gasteiger partial charge on any atom is 0.410 e. The van der Waals surface area contributed by atoms with Crippen molar-refractivity contribution in [1.29, 1.82) is 0 Å². The molecule has 1 amide bonds. The zero-order valence-electron chi connectivity index (χ0n) is 17.5. The van der Waals surface area contributed by atoms with Crippen molar-refractivity contribution in [3.05, 3.63) is 51.5 Å². The quantitative estimate of drug-likeness (QED) is 0.530. The number of halogens is 2. The van der Waals surface area contributed by atoms with Crippen LogP contribution in [-0.2, 0) is 11.2 Å². The number of ether oxygens (including phenoxy) is 1. The minimum atomic E-state index is -0.481. The molecule has 4 nitrogen and oxygen atoms in total. The van der Waals surface area contributed by atoms with Gasteiger partial charge in [0.25, 0.3) is 0 Å². The van der Waals surface area contributed by atoms with Gasteiger partial charge in [0, 0.05) is 52.9 Å². The highest BCUT2D eigenvalue weighted by atomic mass is 35.5. The zero-order chi connectivity index (χ0) is 21.2. The Hall–Kier alpha value is -1.91. The van der Waals surface area contributed by atoms with E-state index in [1.807, 2.05) is 37.8 Å². The smallest absolute Gasteiger partial charge is 0.410 e. The number of hydrogen-bond acceptors (Lipinski definition) is 3. The molecule has 2 atom stereocenters. The van der Waals surface area contributed by atoms with Gasteiger partial charge in [-0.25, -0.2) is 4.79 Å². The van der Waals surface area contributed by atoms with E-state index in [4.69, 9.17) is 27.9 Å². The molecular weight excluding hydrogens is 419 g/mol. The van der Waals surface area contributed by atoms with Gasteiger partial charge in [-0.05, 0) is 74.6 Å². The summed E-state index contributed by atoms with van der Waals surface area (Å²) in [6.07, 6.45) is 1.81.